The molecule has 17 heavy (non-hydrogen) atoms. The molecule has 3 heteroatoms. The standard InChI is InChI=1S/C14H12ClFO/c15-14(17-11-16,12-7-3-1-4-8-12)13-9-5-2-6-10-13/h1-10H,11H2. The molecule has 1 nitrogen and oxygen atoms in total. The van der Waals surface area contributed by atoms with E-state index in [-0.39, 0.29) is 0 Å². The van der Waals surface area contributed by atoms with E-state index in [0.717, 1.165) is 0 Å². The van der Waals surface area contributed by atoms with Gasteiger partial charge in [0.05, 0.1) is 0 Å². The zero-order valence-electron chi connectivity index (χ0n) is 9.14. The van der Waals surface area contributed by atoms with E-state index in [1.165, 1.54) is 0 Å². The van der Waals surface area contributed by atoms with E-state index < -0.39 is 11.9 Å². The Hall–Kier alpha value is -1.38. The largest absolute Gasteiger partial charge is 0.320 e. The van der Waals surface area contributed by atoms with Gasteiger partial charge in [-0.1, -0.05) is 72.3 Å². The summed E-state index contributed by atoms with van der Waals surface area (Å²) in [5.74, 6) is 0. The molecule has 0 saturated carbocycles. The Morgan fingerprint density at radius 2 is 1.29 bits per heavy atom. The lowest BCUT2D eigenvalue weighted by atomic mass is 10.0. The molecule has 0 fully saturated rings. The zero-order valence-corrected chi connectivity index (χ0v) is 9.90. The molecule has 0 amide bonds. The van der Waals surface area contributed by atoms with Crippen molar-refractivity contribution in [2.24, 2.45) is 0 Å². The van der Waals surface area contributed by atoms with Crippen molar-refractivity contribution in [3.05, 3.63) is 71.8 Å². The monoisotopic (exact) mass is 250 g/mol. The molecule has 0 aliphatic carbocycles. The molecule has 0 radical (unpaired) electrons. The molecule has 2 aromatic rings. The fourth-order valence-corrected chi connectivity index (χ4v) is 2.01. The van der Waals surface area contributed by atoms with Gasteiger partial charge >= 0.3 is 0 Å². The summed E-state index contributed by atoms with van der Waals surface area (Å²) < 4.78 is 17.7. The number of ether oxygens (including phenoxy) is 1. The maximum absolute atomic E-state index is 12.6. The van der Waals surface area contributed by atoms with Crippen LogP contribution in [0, 0.1) is 0 Å². The predicted octanol–water partition coefficient (Wildman–Crippen LogP) is 4.07. The van der Waals surface area contributed by atoms with Gasteiger partial charge in [-0.25, -0.2) is 4.39 Å². The minimum Gasteiger partial charge on any atom is -0.320 e. The molecule has 88 valence electrons. The van der Waals surface area contributed by atoms with E-state index in [1.54, 1.807) is 0 Å². The van der Waals surface area contributed by atoms with Crippen LogP contribution < -0.4 is 0 Å². The topological polar surface area (TPSA) is 9.23 Å². The minimum atomic E-state index is -1.27. The summed E-state index contributed by atoms with van der Waals surface area (Å²) in [4.78, 5) is 0. The third-order valence-corrected chi connectivity index (χ3v) is 3.09. The highest BCUT2D eigenvalue weighted by Crippen LogP contribution is 2.37. The SMILES string of the molecule is FCOC(Cl)(c1ccccc1)c1ccccc1. The number of hydrogen-bond donors (Lipinski definition) is 0. The summed E-state index contributed by atoms with van der Waals surface area (Å²) in [5, 5.41) is -1.27. The molecule has 0 aliphatic heterocycles. The van der Waals surface area contributed by atoms with Crippen LogP contribution in [0.4, 0.5) is 4.39 Å². The first kappa shape index (κ1) is 12.1. The van der Waals surface area contributed by atoms with Gasteiger partial charge in [0.2, 0.25) is 0 Å². The van der Waals surface area contributed by atoms with Crippen LogP contribution in [0.2, 0.25) is 0 Å². The lowest BCUT2D eigenvalue weighted by Crippen LogP contribution is -2.24. The second kappa shape index (κ2) is 5.30. The average Bonchev–Trinajstić information content (AvgIpc) is 2.41. The molecule has 0 saturated heterocycles. The first-order valence-corrected chi connectivity index (χ1v) is 5.65. The highest BCUT2D eigenvalue weighted by molar-refractivity contribution is 6.25. The van der Waals surface area contributed by atoms with Crippen LogP contribution in [0.3, 0.4) is 0 Å². The molecule has 0 heterocycles. The van der Waals surface area contributed by atoms with Gasteiger partial charge in [0.25, 0.3) is 0 Å². The predicted molar refractivity (Wildman–Crippen MR) is 66.6 cm³/mol. The minimum absolute atomic E-state index is 0.713. The Bertz CT molecular complexity index is 419. The van der Waals surface area contributed by atoms with Gasteiger partial charge in [-0.05, 0) is 0 Å². The molecule has 0 aromatic heterocycles. The maximum atomic E-state index is 12.6. The van der Waals surface area contributed by atoms with Crippen molar-refractivity contribution in [1.29, 1.82) is 0 Å². The summed E-state index contributed by atoms with van der Waals surface area (Å²) >= 11 is 6.43. The van der Waals surface area contributed by atoms with Crippen molar-refractivity contribution in [2.75, 3.05) is 6.86 Å². The van der Waals surface area contributed by atoms with Crippen LogP contribution in [-0.4, -0.2) is 6.86 Å². The number of rotatable bonds is 4. The van der Waals surface area contributed by atoms with Crippen molar-refractivity contribution in [3.63, 3.8) is 0 Å². The van der Waals surface area contributed by atoms with Crippen LogP contribution in [0.15, 0.2) is 60.7 Å². The number of hydrogen-bond acceptors (Lipinski definition) is 1. The van der Waals surface area contributed by atoms with Crippen LogP contribution in [0.25, 0.3) is 0 Å². The Morgan fingerprint density at radius 1 is 0.882 bits per heavy atom. The second-order valence-corrected chi connectivity index (χ2v) is 4.11. The molecule has 2 rings (SSSR count). The van der Waals surface area contributed by atoms with E-state index in [2.05, 4.69) is 0 Å². The Kier molecular flexibility index (Phi) is 3.77. The Labute approximate surface area is 105 Å². The molecule has 0 unspecified atom stereocenters. The van der Waals surface area contributed by atoms with Crippen molar-refractivity contribution in [3.8, 4) is 0 Å². The van der Waals surface area contributed by atoms with E-state index in [4.69, 9.17) is 16.3 Å². The summed E-state index contributed by atoms with van der Waals surface area (Å²) in [5.41, 5.74) is 1.43. The normalized spacial score (nSPS) is 11.4. The molecule has 0 N–H and O–H groups in total. The Morgan fingerprint density at radius 3 is 1.65 bits per heavy atom. The molecule has 2 aromatic carbocycles. The summed E-state index contributed by atoms with van der Waals surface area (Å²) in [6.07, 6.45) is 0. The van der Waals surface area contributed by atoms with E-state index in [1.807, 2.05) is 60.7 Å². The average molecular weight is 251 g/mol. The highest BCUT2D eigenvalue weighted by atomic mass is 35.5. The fourth-order valence-electron chi connectivity index (χ4n) is 1.71. The molecular weight excluding hydrogens is 239 g/mol. The van der Waals surface area contributed by atoms with Crippen molar-refractivity contribution >= 4 is 11.6 Å². The van der Waals surface area contributed by atoms with Crippen LogP contribution in [-0.2, 0) is 9.80 Å². The number of halogens is 2. The van der Waals surface area contributed by atoms with Crippen molar-refractivity contribution in [1.82, 2.24) is 0 Å². The first-order chi connectivity index (χ1) is 8.27. The Balaban J connectivity index is 2.47. The van der Waals surface area contributed by atoms with Gasteiger partial charge in [-0.3, -0.25) is 0 Å². The third kappa shape index (κ3) is 2.48. The summed E-state index contributed by atoms with van der Waals surface area (Å²) in [6.45, 7) is -0.937. The van der Waals surface area contributed by atoms with E-state index in [0.29, 0.717) is 11.1 Å². The van der Waals surface area contributed by atoms with Gasteiger partial charge in [-0.15, -0.1) is 0 Å². The number of benzene rings is 2. The zero-order chi connectivity index (χ0) is 12.1. The molecule has 0 aliphatic rings. The smallest absolute Gasteiger partial charge is 0.196 e. The maximum Gasteiger partial charge on any atom is 0.196 e. The van der Waals surface area contributed by atoms with Crippen LogP contribution >= 0.6 is 11.6 Å². The molecular formula is C14H12ClFO. The van der Waals surface area contributed by atoms with Gasteiger partial charge in [0, 0.05) is 11.1 Å². The number of alkyl halides is 2. The van der Waals surface area contributed by atoms with Crippen LogP contribution in [0.1, 0.15) is 11.1 Å². The van der Waals surface area contributed by atoms with Gasteiger partial charge < -0.3 is 4.74 Å². The lowest BCUT2D eigenvalue weighted by molar-refractivity contribution is -0.0119. The summed E-state index contributed by atoms with van der Waals surface area (Å²) in [6, 6.07) is 18.4. The molecule has 0 bridgehead atoms. The molecule has 0 spiro atoms. The first-order valence-electron chi connectivity index (χ1n) is 5.27. The van der Waals surface area contributed by atoms with Gasteiger partial charge in [0.15, 0.2) is 11.9 Å². The third-order valence-electron chi connectivity index (χ3n) is 2.54. The van der Waals surface area contributed by atoms with Gasteiger partial charge in [0.1, 0.15) is 0 Å². The van der Waals surface area contributed by atoms with Gasteiger partial charge in [-0.2, -0.15) is 0 Å². The lowest BCUT2D eigenvalue weighted by Gasteiger charge is -2.26. The fraction of sp³-hybridized carbons (Fsp3) is 0.143. The van der Waals surface area contributed by atoms with Crippen LogP contribution in [0.5, 0.6) is 0 Å². The van der Waals surface area contributed by atoms with Crippen molar-refractivity contribution < 1.29 is 9.13 Å². The van der Waals surface area contributed by atoms with Crippen molar-refractivity contribution in [2.45, 2.75) is 5.06 Å². The van der Waals surface area contributed by atoms with E-state index >= 15 is 0 Å². The second-order valence-electron chi connectivity index (χ2n) is 3.58. The summed E-state index contributed by atoms with van der Waals surface area (Å²) in [7, 11) is 0. The molecule has 0 atom stereocenters. The quantitative estimate of drug-likeness (QED) is 0.744. The van der Waals surface area contributed by atoms with E-state index in [9.17, 15) is 4.39 Å². The highest BCUT2D eigenvalue weighted by Gasteiger charge is 2.32.